The first-order valence-electron chi connectivity index (χ1n) is 5.87. The maximum absolute atomic E-state index is 9.64. The van der Waals surface area contributed by atoms with E-state index < -0.39 is 0 Å². The summed E-state index contributed by atoms with van der Waals surface area (Å²) >= 11 is 0. The van der Waals surface area contributed by atoms with E-state index in [9.17, 15) is 10.2 Å². The van der Waals surface area contributed by atoms with Crippen molar-refractivity contribution < 1.29 is 10.2 Å². The molecule has 0 spiro atoms. The molecule has 2 rings (SSSR count). The quantitative estimate of drug-likeness (QED) is 0.748. The molecule has 0 saturated carbocycles. The van der Waals surface area contributed by atoms with E-state index in [1.807, 2.05) is 16.9 Å². The highest BCUT2D eigenvalue weighted by atomic mass is 16.3. The number of rotatable bonds is 5. The molecule has 1 unspecified atom stereocenters. The summed E-state index contributed by atoms with van der Waals surface area (Å²) in [5.74, 6) is 0.176. The fourth-order valence-electron chi connectivity index (χ4n) is 1.74. The Bertz CT molecular complexity index is 497. The zero-order valence-electron chi connectivity index (χ0n) is 10.2. The molecule has 1 aromatic heterocycles. The number of nitrogens with zero attached hydrogens (tertiary/aromatic N) is 2. The van der Waals surface area contributed by atoms with Crippen molar-refractivity contribution in [2.75, 3.05) is 0 Å². The highest BCUT2D eigenvalue weighted by Crippen LogP contribution is 2.22. The average Bonchev–Trinajstić information content (AvgIpc) is 2.80. The fourth-order valence-corrected chi connectivity index (χ4v) is 1.74. The van der Waals surface area contributed by atoms with Gasteiger partial charge in [0.25, 0.3) is 0 Å². The van der Waals surface area contributed by atoms with E-state index in [0.29, 0.717) is 6.54 Å². The van der Waals surface area contributed by atoms with E-state index in [-0.39, 0.29) is 17.5 Å². The predicted molar refractivity (Wildman–Crippen MR) is 68.3 cm³/mol. The van der Waals surface area contributed by atoms with Crippen LogP contribution in [0, 0.1) is 0 Å². The number of hydrogen-bond donors (Lipinski definition) is 3. The van der Waals surface area contributed by atoms with Crippen molar-refractivity contribution in [3.05, 3.63) is 42.2 Å². The van der Waals surface area contributed by atoms with E-state index in [2.05, 4.69) is 17.3 Å². The molecule has 0 aliphatic rings. The molecular weight excluding hydrogens is 230 g/mol. The summed E-state index contributed by atoms with van der Waals surface area (Å²) in [6.07, 6.45) is 3.66. The van der Waals surface area contributed by atoms with Gasteiger partial charge in [-0.05, 0) is 19.1 Å². The third-order valence-corrected chi connectivity index (χ3v) is 2.73. The molecule has 0 amide bonds. The largest absolute Gasteiger partial charge is 0.508 e. The van der Waals surface area contributed by atoms with Gasteiger partial charge in [0.1, 0.15) is 11.5 Å². The number of aromatic nitrogens is 2. The van der Waals surface area contributed by atoms with Crippen LogP contribution in [0.1, 0.15) is 12.5 Å². The summed E-state index contributed by atoms with van der Waals surface area (Å²) in [4.78, 5) is 0. The maximum atomic E-state index is 9.64. The van der Waals surface area contributed by atoms with Crippen molar-refractivity contribution in [3.63, 3.8) is 0 Å². The zero-order chi connectivity index (χ0) is 13.0. The lowest BCUT2D eigenvalue weighted by Gasteiger charge is -2.14. The van der Waals surface area contributed by atoms with E-state index in [1.54, 1.807) is 18.3 Å². The van der Waals surface area contributed by atoms with Crippen LogP contribution in [0.25, 0.3) is 0 Å². The highest BCUT2D eigenvalue weighted by molar-refractivity contribution is 5.38. The lowest BCUT2D eigenvalue weighted by atomic mass is 10.2. The Morgan fingerprint density at radius 1 is 1.39 bits per heavy atom. The SMILES string of the molecule is CC(Cn1cccn1)NCc1ccc(O)cc1O. The summed E-state index contributed by atoms with van der Waals surface area (Å²) in [5, 5.41) is 26.3. The van der Waals surface area contributed by atoms with Crippen LogP contribution >= 0.6 is 0 Å². The Morgan fingerprint density at radius 2 is 2.22 bits per heavy atom. The predicted octanol–water partition coefficient (Wildman–Crippen LogP) is 1.47. The van der Waals surface area contributed by atoms with E-state index in [4.69, 9.17) is 0 Å². The summed E-state index contributed by atoms with van der Waals surface area (Å²) in [7, 11) is 0. The third-order valence-electron chi connectivity index (χ3n) is 2.73. The van der Waals surface area contributed by atoms with Crippen molar-refractivity contribution >= 4 is 0 Å². The molecule has 0 saturated heterocycles. The molecule has 0 bridgehead atoms. The van der Waals surface area contributed by atoms with Gasteiger partial charge in [0.2, 0.25) is 0 Å². The zero-order valence-corrected chi connectivity index (χ0v) is 10.2. The molecule has 96 valence electrons. The van der Waals surface area contributed by atoms with Gasteiger partial charge in [-0.3, -0.25) is 4.68 Å². The second-order valence-electron chi connectivity index (χ2n) is 4.32. The van der Waals surface area contributed by atoms with Crippen LogP contribution < -0.4 is 5.32 Å². The van der Waals surface area contributed by atoms with Gasteiger partial charge < -0.3 is 15.5 Å². The molecule has 1 atom stereocenters. The minimum absolute atomic E-state index is 0.0702. The molecule has 0 fully saturated rings. The average molecular weight is 247 g/mol. The van der Waals surface area contributed by atoms with Crippen LogP contribution in [0.3, 0.4) is 0 Å². The monoisotopic (exact) mass is 247 g/mol. The van der Waals surface area contributed by atoms with Gasteiger partial charge in [0.05, 0.1) is 6.54 Å². The number of benzene rings is 1. The summed E-state index contributed by atoms with van der Waals surface area (Å²) in [5.41, 5.74) is 0.764. The normalized spacial score (nSPS) is 12.5. The van der Waals surface area contributed by atoms with Crippen molar-refractivity contribution in [1.29, 1.82) is 0 Å². The minimum atomic E-state index is 0.0702. The van der Waals surface area contributed by atoms with E-state index >= 15 is 0 Å². The molecule has 1 aromatic carbocycles. The molecule has 5 nitrogen and oxygen atoms in total. The van der Waals surface area contributed by atoms with Crippen LogP contribution in [0.5, 0.6) is 11.5 Å². The van der Waals surface area contributed by atoms with Crippen LogP contribution in [0.4, 0.5) is 0 Å². The number of hydrogen-bond acceptors (Lipinski definition) is 4. The highest BCUT2D eigenvalue weighted by Gasteiger charge is 2.06. The fraction of sp³-hybridized carbons (Fsp3) is 0.308. The van der Waals surface area contributed by atoms with Gasteiger partial charge in [0.15, 0.2) is 0 Å². The number of aromatic hydroxyl groups is 2. The van der Waals surface area contributed by atoms with Crippen LogP contribution in [-0.4, -0.2) is 26.0 Å². The molecule has 5 heteroatoms. The van der Waals surface area contributed by atoms with Gasteiger partial charge in [-0.2, -0.15) is 5.10 Å². The molecule has 3 N–H and O–H groups in total. The van der Waals surface area contributed by atoms with Gasteiger partial charge in [-0.15, -0.1) is 0 Å². The Balaban J connectivity index is 1.87. The Morgan fingerprint density at radius 3 is 2.89 bits per heavy atom. The number of phenols is 2. The van der Waals surface area contributed by atoms with Gasteiger partial charge >= 0.3 is 0 Å². The molecule has 0 aliphatic carbocycles. The van der Waals surface area contributed by atoms with Crippen molar-refractivity contribution in [2.24, 2.45) is 0 Å². The number of nitrogens with one attached hydrogen (secondary N) is 1. The molecular formula is C13H17N3O2. The first kappa shape index (κ1) is 12.4. The molecule has 1 heterocycles. The number of phenolic OH excluding ortho intramolecular Hbond substituents is 2. The van der Waals surface area contributed by atoms with Gasteiger partial charge in [-0.25, -0.2) is 0 Å². The van der Waals surface area contributed by atoms with Crippen molar-refractivity contribution in [1.82, 2.24) is 15.1 Å². The van der Waals surface area contributed by atoms with Crippen LogP contribution in [-0.2, 0) is 13.1 Å². The molecule has 0 radical (unpaired) electrons. The Labute approximate surface area is 106 Å². The topological polar surface area (TPSA) is 70.3 Å². The first-order valence-corrected chi connectivity index (χ1v) is 5.87. The van der Waals surface area contributed by atoms with Crippen molar-refractivity contribution in [2.45, 2.75) is 26.1 Å². The van der Waals surface area contributed by atoms with Crippen LogP contribution in [0.2, 0.25) is 0 Å². The lowest BCUT2D eigenvalue weighted by molar-refractivity contribution is 0.428. The molecule has 18 heavy (non-hydrogen) atoms. The second-order valence-corrected chi connectivity index (χ2v) is 4.32. The molecule has 0 aliphatic heterocycles. The maximum Gasteiger partial charge on any atom is 0.123 e. The van der Waals surface area contributed by atoms with E-state index in [1.165, 1.54) is 6.07 Å². The Hall–Kier alpha value is -2.01. The summed E-state index contributed by atoms with van der Waals surface area (Å²) in [6, 6.07) is 6.74. The van der Waals surface area contributed by atoms with E-state index in [0.717, 1.165) is 12.1 Å². The smallest absolute Gasteiger partial charge is 0.123 e. The third kappa shape index (κ3) is 3.24. The Kier molecular flexibility index (Phi) is 3.84. The minimum Gasteiger partial charge on any atom is -0.508 e. The standard InChI is InChI=1S/C13H17N3O2/c1-10(9-16-6-2-5-15-16)14-8-11-3-4-12(17)7-13(11)18/h2-7,10,14,17-18H,8-9H2,1H3. The summed E-state index contributed by atoms with van der Waals surface area (Å²) in [6.45, 7) is 3.37. The van der Waals surface area contributed by atoms with Crippen LogP contribution in [0.15, 0.2) is 36.7 Å². The molecule has 2 aromatic rings. The van der Waals surface area contributed by atoms with Gasteiger partial charge in [0, 0.05) is 36.6 Å². The summed E-state index contributed by atoms with van der Waals surface area (Å²) < 4.78 is 1.86. The van der Waals surface area contributed by atoms with Gasteiger partial charge in [-0.1, -0.05) is 6.07 Å². The lowest BCUT2D eigenvalue weighted by Crippen LogP contribution is -2.30. The van der Waals surface area contributed by atoms with Crippen molar-refractivity contribution in [3.8, 4) is 11.5 Å². The first-order chi connectivity index (χ1) is 8.65. The second kappa shape index (κ2) is 5.55.